The molecule has 0 aliphatic rings. The van der Waals surface area contributed by atoms with Crippen molar-refractivity contribution in [3.8, 4) is 11.5 Å². The molecule has 3 nitrogen and oxygen atoms in total. The van der Waals surface area contributed by atoms with E-state index in [1.807, 2.05) is 12.3 Å². The summed E-state index contributed by atoms with van der Waals surface area (Å²) in [5.41, 5.74) is 6.05. The van der Waals surface area contributed by atoms with Crippen LogP contribution in [0.1, 0.15) is 0 Å². The standard InChI is InChI=1S/C31H19N3/c1-2-10-21(11-3-1)33-26-14-8-9-20-16-17-23-30(29(20)26)27(33)19-24-22-12-4-5-13-25(22)34(31(23)24)28-15-6-7-18-32-28/h1-19H. The zero-order valence-electron chi connectivity index (χ0n) is 18.3. The van der Waals surface area contributed by atoms with E-state index in [0.717, 1.165) is 5.82 Å². The first kappa shape index (κ1) is 17.9. The topological polar surface area (TPSA) is 22.8 Å². The zero-order valence-corrected chi connectivity index (χ0v) is 18.3. The normalized spacial score (nSPS) is 12.1. The fourth-order valence-electron chi connectivity index (χ4n) is 5.78. The van der Waals surface area contributed by atoms with Crippen LogP contribution in [0, 0.1) is 0 Å². The summed E-state index contributed by atoms with van der Waals surface area (Å²) in [6.45, 7) is 0. The van der Waals surface area contributed by atoms with Gasteiger partial charge in [-0.05, 0) is 47.9 Å². The summed E-state index contributed by atoms with van der Waals surface area (Å²) < 4.78 is 4.74. The Morgan fingerprint density at radius 2 is 1.32 bits per heavy atom. The lowest BCUT2D eigenvalue weighted by Gasteiger charge is -2.10. The molecule has 0 amide bonds. The molecule has 0 bridgehead atoms. The summed E-state index contributed by atoms with van der Waals surface area (Å²) in [7, 11) is 0. The van der Waals surface area contributed by atoms with Gasteiger partial charge in [-0.3, -0.25) is 4.57 Å². The van der Waals surface area contributed by atoms with Crippen LogP contribution in [0.5, 0.6) is 0 Å². The van der Waals surface area contributed by atoms with Crippen LogP contribution in [0.3, 0.4) is 0 Å². The Bertz CT molecular complexity index is 1990. The summed E-state index contributed by atoms with van der Waals surface area (Å²) in [5, 5.41) is 7.64. The molecule has 3 heterocycles. The Morgan fingerprint density at radius 1 is 0.500 bits per heavy atom. The van der Waals surface area contributed by atoms with Crippen molar-refractivity contribution in [3.63, 3.8) is 0 Å². The molecular weight excluding hydrogens is 414 g/mol. The largest absolute Gasteiger partial charge is 0.309 e. The summed E-state index contributed by atoms with van der Waals surface area (Å²) in [6, 6.07) is 39.0. The molecule has 0 aliphatic heterocycles. The molecule has 0 unspecified atom stereocenters. The Hall–Kier alpha value is -4.63. The average molecular weight is 434 g/mol. The fourth-order valence-corrected chi connectivity index (χ4v) is 5.78. The van der Waals surface area contributed by atoms with Gasteiger partial charge in [0.15, 0.2) is 0 Å². The summed E-state index contributed by atoms with van der Waals surface area (Å²) in [4.78, 5) is 4.74. The molecule has 8 rings (SSSR count). The second-order valence-corrected chi connectivity index (χ2v) is 8.87. The highest BCUT2D eigenvalue weighted by Crippen LogP contribution is 2.44. The highest BCUT2D eigenvalue weighted by Gasteiger charge is 2.22. The van der Waals surface area contributed by atoms with E-state index in [-0.39, 0.29) is 0 Å². The fraction of sp³-hybridized carbons (Fsp3) is 0. The van der Waals surface area contributed by atoms with Crippen LogP contribution < -0.4 is 0 Å². The summed E-state index contributed by atoms with van der Waals surface area (Å²) in [6.07, 6.45) is 1.87. The molecule has 0 saturated heterocycles. The van der Waals surface area contributed by atoms with Crippen molar-refractivity contribution in [2.75, 3.05) is 0 Å². The number of hydrogen-bond acceptors (Lipinski definition) is 1. The first-order chi connectivity index (χ1) is 16.9. The van der Waals surface area contributed by atoms with E-state index in [2.05, 4.69) is 112 Å². The van der Waals surface area contributed by atoms with E-state index in [0.29, 0.717) is 0 Å². The third kappa shape index (κ3) is 2.18. The molecule has 0 fully saturated rings. The molecule has 8 aromatic rings. The van der Waals surface area contributed by atoms with Crippen molar-refractivity contribution in [2.45, 2.75) is 0 Å². The molecule has 0 saturated carbocycles. The lowest BCUT2D eigenvalue weighted by atomic mass is 9.99. The number of benzene rings is 5. The molecule has 0 aliphatic carbocycles. The van der Waals surface area contributed by atoms with Gasteiger partial charge in [0.25, 0.3) is 0 Å². The average Bonchev–Trinajstić information content (AvgIpc) is 3.42. The summed E-state index contributed by atoms with van der Waals surface area (Å²) in [5.74, 6) is 0.940. The van der Waals surface area contributed by atoms with E-state index in [1.165, 1.54) is 60.1 Å². The smallest absolute Gasteiger partial charge is 0.137 e. The van der Waals surface area contributed by atoms with Crippen LogP contribution in [0.15, 0.2) is 115 Å². The third-order valence-corrected chi connectivity index (χ3v) is 7.10. The minimum absolute atomic E-state index is 0.940. The van der Waals surface area contributed by atoms with Crippen molar-refractivity contribution in [3.05, 3.63) is 115 Å². The van der Waals surface area contributed by atoms with Gasteiger partial charge in [0.05, 0.1) is 22.1 Å². The van der Waals surface area contributed by atoms with Crippen LogP contribution in [0.25, 0.3) is 65.9 Å². The van der Waals surface area contributed by atoms with Gasteiger partial charge in [-0.15, -0.1) is 0 Å². The van der Waals surface area contributed by atoms with Crippen molar-refractivity contribution in [2.24, 2.45) is 0 Å². The van der Waals surface area contributed by atoms with Crippen LogP contribution in [-0.4, -0.2) is 14.1 Å². The lowest BCUT2D eigenvalue weighted by Crippen LogP contribution is -1.97. The van der Waals surface area contributed by atoms with E-state index >= 15 is 0 Å². The van der Waals surface area contributed by atoms with E-state index in [1.54, 1.807) is 0 Å². The first-order valence-electron chi connectivity index (χ1n) is 11.6. The third-order valence-electron chi connectivity index (χ3n) is 7.10. The molecule has 3 heteroatoms. The molecule has 158 valence electrons. The molecule has 5 aromatic carbocycles. The number of nitrogens with zero attached hydrogens (tertiary/aromatic N) is 3. The Balaban J connectivity index is 1.68. The van der Waals surface area contributed by atoms with Crippen molar-refractivity contribution in [1.82, 2.24) is 14.1 Å². The molecule has 0 spiro atoms. The Morgan fingerprint density at radius 3 is 2.21 bits per heavy atom. The highest BCUT2D eigenvalue weighted by atomic mass is 15.1. The van der Waals surface area contributed by atoms with E-state index in [9.17, 15) is 0 Å². The SMILES string of the molecule is c1ccc(-n2c3cccc4ccc5c(c43)c2cc2c3ccccc3n(-c3ccccn3)c25)cc1. The van der Waals surface area contributed by atoms with Gasteiger partial charge in [-0.2, -0.15) is 0 Å². The molecule has 3 aromatic heterocycles. The van der Waals surface area contributed by atoms with Crippen LogP contribution in [0.4, 0.5) is 0 Å². The maximum atomic E-state index is 4.74. The van der Waals surface area contributed by atoms with Gasteiger partial charge in [0.2, 0.25) is 0 Å². The van der Waals surface area contributed by atoms with Gasteiger partial charge >= 0.3 is 0 Å². The number of fused-ring (bicyclic) bond motifs is 4. The number of aromatic nitrogens is 3. The zero-order chi connectivity index (χ0) is 22.2. The van der Waals surface area contributed by atoms with Crippen molar-refractivity contribution < 1.29 is 0 Å². The predicted molar refractivity (Wildman–Crippen MR) is 142 cm³/mol. The minimum atomic E-state index is 0.940. The quantitative estimate of drug-likeness (QED) is 0.254. The maximum Gasteiger partial charge on any atom is 0.137 e. The van der Waals surface area contributed by atoms with Gasteiger partial charge in [0, 0.05) is 38.8 Å². The van der Waals surface area contributed by atoms with Gasteiger partial charge in [0.1, 0.15) is 5.82 Å². The van der Waals surface area contributed by atoms with E-state index in [4.69, 9.17) is 4.98 Å². The van der Waals surface area contributed by atoms with Crippen LogP contribution in [-0.2, 0) is 0 Å². The van der Waals surface area contributed by atoms with Crippen molar-refractivity contribution >= 4 is 54.4 Å². The van der Waals surface area contributed by atoms with E-state index < -0.39 is 0 Å². The maximum absolute atomic E-state index is 4.74. The van der Waals surface area contributed by atoms with Gasteiger partial charge in [-0.25, -0.2) is 4.98 Å². The highest BCUT2D eigenvalue weighted by molar-refractivity contribution is 6.32. The van der Waals surface area contributed by atoms with Crippen LogP contribution in [0.2, 0.25) is 0 Å². The minimum Gasteiger partial charge on any atom is -0.309 e. The second-order valence-electron chi connectivity index (χ2n) is 8.87. The molecule has 34 heavy (non-hydrogen) atoms. The Labute approximate surface area is 195 Å². The predicted octanol–water partition coefficient (Wildman–Crippen LogP) is 7.87. The second kappa shape index (κ2) is 6.46. The Kier molecular flexibility index (Phi) is 3.39. The number of pyridine rings is 1. The van der Waals surface area contributed by atoms with Crippen molar-refractivity contribution in [1.29, 1.82) is 0 Å². The first-order valence-corrected chi connectivity index (χ1v) is 11.6. The number of para-hydroxylation sites is 2. The van der Waals surface area contributed by atoms with Gasteiger partial charge < -0.3 is 4.57 Å². The lowest BCUT2D eigenvalue weighted by molar-refractivity contribution is 1.08. The molecular formula is C31H19N3. The van der Waals surface area contributed by atoms with Gasteiger partial charge in [-0.1, -0.05) is 66.7 Å². The summed E-state index contributed by atoms with van der Waals surface area (Å²) >= 11 is 0. The number of hydrogen-bond donors (Lipinski definition) is 0. The van der Waals surface area contributed by atoms with Crippen LogP contribution >= 0.6 is 0 Å². The molecule has 0 atom stereocenters. The number of rotatable bonds is 2. The monoisotopic (exact) mass is 433 g/mol. The molecule has 0 radical (unpaired) electrons. The molecule has 0 N–H and O–H groups in total.